The molecule has 78 valence electrons. The van der Waals surface area contributed by atoms with Gasteiger partial charge in [0.05, 0.1) is 0 Å². The highest BCUT2D eigenvalue weighted by molar-refractivity contribution is 6.07. The van der Waals surface area contributed by atoms with Gasteiger partial charge in [0.1, 0.15) is 5.54 Å². The summed E-state index contributed by atoms with van der Waals surface area (Å²) in [5.41, 5.74) is 4.87. The molecule has 0 unspecified atom stereocenters. The molecule has 1 saturated heterocycles. The standard InChI is InChI=1S/C9H15N3O2/c10-5-6-12-8(14)11-7(13)9(12)3-1-2-4-9/h1-6,10H2,(H,11,13,14). The monoisotopic (exact) mass is 197 g/mol. The van der Waals surface area contributed by atoms with Gasteiger partial charge in [-0.3, -0.25) is 10.1 Å². The SMILES string of the molecule is NCCN1C(=O)NC(=O)C12CCCC2. The van der Waals surface area contributed by atoms with Crippen molar-refractivity contribution < 1.29 is 9.59 Å². The second-order valence-corrected chi connectivity index (χ2v) is 3.94. The number of amides is 3. The Bertz CT molecular complexity index is 271. The van der Waals surface area contributed by atoms with E-state index in [-0.39, 0.29) is 11.9 Å². The van der Waals surface area contributed by atoms with Crippen LogP contribution in [0.1, 0.15) is 25.7 Å². The molecule has 3 amide bonds. The van der Waals surface area contributed by atoms with Crippen molar-refractivity contribution in [2.45, 2.75) is 31.2 Å². The molecule has 5 heteroatoms. The normalized spacial score (nSPS) is 24.8. The van der Waals surface area contributed by atoms with E-state index in [9.17, 15) is 9.59 Å². The maximum absolute atomic E-state index is 11.7. The van der Waals surface area contributed by atoms with Crippen LogP contribution in [0.15, 0.2) is 0 Å². The number of imide groups is 1. The summed E-state index contributed by atoms with van der Waals surface area (Å²) in [6, 6.07) is -0.276. The van der Waals surface area contributed by atoms with E-state index < -0.39 is 5.54 Å². The maximum Gasteiger partial charge on any atom is 0.325 e. The van der Waals surface area contributed by atoms with Crippen LogP contribution in [0.2, 0.25) is 0 Å². The number of urea groups is 1. The number of nitrogens with two attached hydrogens (primary N) is 1. The van der Waals surface area contributed by atoms with Crippen LogP contribution in [0.3, 0.4) is 0 Å². The van der Waals surface area contributed by atoms with Crippen LogP contribution in [-0.2, 0) is 4.79 Å². The molecule has 5 nitrogen and oxygen atoms in total. The number of carbonyl (C=O) groups is 2. The minimum atomic E-state index is -0.559. The second-order valence-electron chi connectivity index (χ2n) is 3.94. The zero-order chi connectivity index (χ0) is 10.2. The summed E-state index contributed by atoms with van der Waals surface area (Å²) >= 11 is 0. The molecule has 1 heterocycles. The Labute approximate surface area is 82.6 Å². The largest absolute Gasteiger partial charge is 0.329 e. The molecule has 0 aromatic heterocycles. The molecule has 1 aliphatic carbocycles. The fourth-order valence-electron chi connectivity index (χ4n) is 2.50. The van der Waals surface area contributed by atoms with Crippen LogP contribution < -0.4 is 11.1 Å². The minimum Gasteiger partial charge on any atom is -0.329 e. The van der Waals surface area contributed by atoms with Crippen molar-refractivity contribution in [1.29, 1.82) is 0 Å². The van der Waals surface area contributed by atoms with Crippen molar-refractivity contribution >= 4 is 11.9 Å². The van der Waals surface area contributed by atoms with Crippen LogP contribution in [0.5, 0.6) is 0 Å². The van der Waals surface area contributed by atoms with Crippen molar-refractivity contribution in [1.82, 2.24) is 10.2 Å². The molecule has 0 radical (unpaired) electrons. The summed E-state index contributed by atoms with van der Waals surface area (Å²) in [6.45, 7) is 0.875. The summed E-state index contributed by atoms with van der Waals surface area (Å²) in [7, 11) is 0. The first-order valence-electron chi connectivity index (χ1n) is 5.04. The molecular formula is C9H15N3O2. The van der Waals surface area contributed by atoms with Gasteiger partial charge in [0, 0.05) is 13.1 Å². The molecule has 2 aliphatic rings. The number of nitrogens with zero attached hydrogens (tertiary/aromatic N) is 1. The highest BCUT2D eigenvalue weighted by Gasteiger charge is 2.53. The topological polar surface area (TPSA) is 75.4 Å². The number of nitrogens with one attached hydrogen (secondary N) is 1. The molecule has 2 rings (SSSR count). The van der Waals surface area contributed by atoms with Crippen LogP contribution in [0, 0.1) is 0 Å². The van der Waals surface area contributed by atoms with Gasteiger partial charge in [0.15, 0.2) is 0 Å². The number of carbonyl (C=O) groups excluding carboxylic acids is 2. The van der Waals surface area contributed by atoms with Gasteiger partial charge in [-0.15, -0.1) is 0 Å². The van der Waals surface area contributed by atoms with Gasteiger partial charge in [0.2, 0.25) is 0 Å². The third-order valence-corrected chi connectivity index (χ3v) is 3.19. The van der Waals surface area contributed by atoms with E-state index in [0.29, 0.717) is 13.1 Å². The maximum atomic E-state index is 11.7. The summed E-state index contributed by atoms with van der Waals surface area (Å²) in [5, 5.41) is 2.38. The van der Waals surface area contributed by atoms with Gasteiger partial charge in [-0.1, -0.05) is 12.8 Å². The quantitative estimate of drug-likeness (QED) is 0.602. The second kappa shape index (κ2) is 3.24. The average Bonchev–Trinajstić information content (AvgIpc) is 2.70. The average molecular weight is 197 g/mol. The Hall–Kier alpha value is -1.10. The fourth-order valence-corrected chi connectivity index (χ4v) is 2.50. The zero-order valence-electron chi connectivity index (χ0n) is 8.08. The summed E-state index contributed by atoms with van der Waals surface area (Å²) in [4.78, 5) is 24.8. The third kappa shape index (κ3) is 1.12. The van der Waals surface area contributed by atoms with Crippen LogP contribution in [0.25, 0.3) is 0 Å². The van der Waals surface area contributed by atoms with Gasteiger partial charge in [-0.25, -0.2) is 4.79 Å². The van der Waals surface area contributed by atoms with Crippen molar-refractivity contribution in [2.24, 2.45) is 5.73 Å². The van der Waals surface area contributed by atoms with Crippen molar-refractivity contribution in [2.75, 3.05) is 13.1 Å². The van der Waals surface area contributed by atoms with E-state index in [2.05, 4.69) is 5.32 Å². The molecule has 0 aromatic rings. The highest BCUT2D eigenvalue weighted by atomic mass is 16.2. The molecular weight excluding hydrogens is 182 g/mol. The van der Waals surface area contributed by atoms with Gasteiger partial charge in [0.25, 0.3) is 5.91 Å². The van der Waals surface area contributed by atoms with Crippen molar-refractivity contribution in [3.63, 3.8) is 0 Å². The Morgan fingerprint density at radius 3 is 2.57 bits per heavy atom. The Morgan fingerprint density at radius 2 is 2.00 bits per heavy atom. The molecule has 1 spiro atoms. The molecule has 1 aliphatic heterocycles. The van der Waals surface area contributed by atoms with E-state index in [1.807, 2.05) is 0 Å². The van der Waals surface area contributed by atoms with Crippen LogP contribution in [-0.4, -0.2) is 35.5 Å². The molecule has 1 saturated carbocycles. The minimum absolute atomic E-state index is 0.131. The first-order chi connectivity index (χ1) is 6.70. The van der Waals surface area contributed by atoms with E-state index >= 15 is 0 Å². The predicted molar refractivity (Wildman–Crippen MR) is 50.5 cm³/mol. The van der Waals surface area contributed by atoms with Gasteiger partial charge in [-0.05, 0) is 12.8 Å². The fraction of sp³-hybridized carbons (Fsp3) is 0.778. The number of hydrogen-bond acceptors (Lipinski definition) is 3. The molecule has 3 N–H and O–H groups in total. The van der Waals surface area contributed by atoms with E-state index in [4.69, 9.17) is 5.73 Å². The smallest absolute Gasteiger partial charge is 0.325 e. The lowest BCUT2D eigenvalue weighted by molar-refractivity contribution is -0.126. The lowest BCUT2D eigenvalue weighted by atomic mass is 9.96. The summed E-state index contributed by atoms with van der Waals surface area (Å²) in [5.74, 6) is -0.131. The molecule has 0 aromatic carbocycles. The molecule has 0 bridgehead atoms. The lowest BCUT2D eigenvalue weighted by Crippen LogP contribution is -2.49. The van der Waals surface area contributed by atoms with E-state index in [0.717, 1.165) is 25.7 Å². The first kappa shape index (κ1) is 9.45. The highest BCUT2D eigenvalue weighted by Crippen LogP contribution is 2.38. The number of rotatable bonds is 2. The van der Waals surface area contributed by atoms with Crippen molar-refractivity contribution in [3.8, 4) is 0 Å². The van der Waals surface area contributed by atoms with E-state index in [1.54, 1.807) is 4.90 Å². The predicted octanol–water partition coefficient (Wildman–Crippen LogP) is -0.190. The van der Waals surface area contributed by atoms with Crippen molar-refractivity contribution in [3.05, 3.63) is 0 Å². The van der Waals surface area contributed by atoms with Gasteiger partial charge < -0.3 is 10.6 Å². The Morgan fingerprint density at radius 1 is 1.36 bits per heavy atom. The lowest BCUT2D eigenvalue weighted by Gasteiger charge is -2.30. The summed E-state index contributed by atoms with van der Waals surface area (Å²) < 4.78 is 0. The Kier molecular flexibility index (Phi) is 2.19. The third-order valence-electron chi connectivity index (χ3n) is 3.19. The van der Waals surface area contributed by atoms with Gasteiger partial charge in [-0.2, -0.15) is 0 Å². The van der Waals surface area contributed by atoms with Crippen LogP contribution >= 0.6 is 0 Å². The molecule has 14 heavy (non-hydrogen) atoms. The summed E-state index contributed by atoms with van der Waals surface area (Å²) in [6.07, 6.45) is 3.60. The van der Waals surface area contributed by atoms with Gasteiger partial charge >= 0.3 is 6.03 Å². The van der Waals surface area contributed by atoms with Crippen LogP contribution in [0.4, 0.5) is 4.79 Å². The molecule has 0 atom stereocenters. The first-order valence-corrected chi connectivity index (χ1v) is 5.04. The molecule has 2 fully saturated rings. The number of hydrogen-bond donors (Lipinski definition) is 2. The Balaban J connectivity index is 2.26. The zero-order valence-corrected chi connectivity index (χ0v) is 8.08. The van der Waals surface area contributed by atoms with E-state index in [1.165, 1.54) is 0 Å².